The predicted octanol–water partition coefficient (Wildman–Crippen LogP) is 7.23. The van der Waals surface area contributed by atoms with Gasteiger partial charge in [-0.2, -0.15) is 0 Å². The van der Waals surface area contributed by atoms with E-state index in [1.54, 1.807) is 16.2 Å². The highest BCUT2D eigenvalue weighted by Gasteiger charge is 2.29. The van der Waals surface area contributed by atoms with E-state index >= 15 is 0 Å². The fraction of sp³-hybridized carbons (Fsp3) is 0.407. The van der Waals surface area contributed by atoms with Crippen LogP contribution in [0, 0.1) is 47.0 Å². The Morgan fingerprint density at radius 2 is 1.07 bits per heavy atom. The van der Waals surface area contributed by atoms with Crippen molar-refractivity contribution in [3.63, 3.8) is 0 Å². The van der Waals surface area contributed by atoms with Crippen LogP contribution in [-0.4, -0.2) is 0 Å². The molecule has 0 bridgehead atoms. The minimum atomic E-state index is -0.549. The van der Waals surface area contributed by atoms with Crippen molar-refractivity contribution >= 4 is 18.5 Å². The molecule has 0 fully saturated rings. The van der Waals surface area contributed by atoms with Gasteiger partial charge in [-0.15, -0.1) is 0 Å². The van der Waals surface area contributed by atoms with Gasteiger partial charge in [-0.3, -0.25) is 0 Å². The third-order valence-corrected chi connectivity index (χ3v) is 8.93. The maximum Gasteiger partial charge on any atom is -0.00924 e. The summed E-state index contributed by atoms with van der Waals surface area (Å²) in [7, 11) is -0.549. The molecule has 0 aromatic heterocycles. The summed E-state index contributed by atoms with van der Waals surface area (Å²) in [6.45, 7) is 20.6. The molecule has 0 saturated heterocycles. The topological polar surface area (TPSA) is 0 Å². The molecule has 1 aliphatic carbocycles. The predicted molar refractivity (Wildman–Crippen MR) is 128 cm³/mol. The van der Waals surface area contributed by atoms with Crippen molar-refractivity contribution in [1.29, 1.82) is 0 Å². The highest BCUT2D eigenvalue weighted by molar-refractivity contribution is 7.77. The third kappa shape index (κ3) is 4.04. The lowest BCUT2D eigenvalue weighted by molar-refractivity contribution is 0.496. The molecule has 0 unspecified atom stereocenters. The molecule has 0 radical (unpaired) electrons. The van der Waals surface area contributed by atoms with Crippen molar-refractivity contribution in [2.75, 3.05) is 0 Å². The number of aryl methyl sites for hydroxylation is 6. The number of hydrogen-bond donors (Lipinski definition) is 0. The molecule has 1 aliphatic rings. The highest BCUT2D eigenvalue weighted by atomic mass is 31.1. The quantitative estimate of drug-likeness (QED) is 0.485. The molecule has 148 valence electrons. The fourth-order valence-electron chi connectivity index (χ4n) is 4.61. The molecule has 0 saturated carbocycles. The summed E-state index contributed by atoms with van der Waals surface area (Å²) in [4.78, 5) is 0. The Hall–Kier alpha value is -1.65. The van der Waals surface area contributed by atoms with Crippen LogP contribution in [0.4, 0.5) is 0 Å². The molecular formula is C27H35P. The smallest absolute Gasteiger partial charge is 0.00924 e. The standard InChI is InChI=1S/C27H35P/c1-17-12-19(3)25(20(4)13-17)28(24-11-10-23(16-24)27(7,8)9)26-21(5)14-18(2)15-22(26)6/h11-16H,10H2,1-9H3. The molecular weight excluding hydrogens is 355 g/mol. The van der Waals surface area contributed by atoms with E-state index in [2.05, 4.69) is 98.7 Å². The lowest BCUT2D eigenvalue weighted by Crippen LogP contribution is -2.22. The molecule has 0 aliphatic heterocycles. The summed E-state index contributed by atoms with van der Waals surface area (Å²) >= 11 is 0. The van der Waals surface area contributed by atoms with E-state index in [0.717, 1.165) is 6.42 Å². The van der Waals surface area contributed by atoms with Crippen LogP contribution < -0.4 is 10.6 Å². The summed E-state index contributed by atoms with van der Waals surface area (Å²) in [5.41, 5.74) is 10.2. The molecule has 0 N–H and O–H groups in total. The van der Waals surface area contributed by atoms with Gasteiger partial charge in [0.2, 0.25) is 0 Å². The second kappa shape index (κ2) is 7.64. The van der Waals surface area contributed by atoms with Crippen LogP contribution in [0.15, 0.2) is 47.3 Å². The lowest BCUT2D eigenvalue weighted by atomic mass is 9.86. The molecule has 0 spiro atoms. The van der Waals surface area contributed by atoms with Gasteiger partial charge < -0.3 is 0 Å². The van der Waals surface area contributed by atoms with Gasteiger partial charge in [0.15, 0.2) is 0 Å². The van der Waals surface area contributed by atoms with Crippen molar-refractivity contribution in [2.24, 2.45) is 5.41 Å². The molecule has 0 atom stereocenters. The van der Waals surface area contributed by atoms with Crippen molar-refractivity contribution in [3.05, 3.63) is 80.7 Å². The molecule has 0 nitrogen and oxygen atoms in total. The molecule has 28 heavy (non-hydrogen) atoms. The average molecular weight is 391 g/mol. The Bertz CT molecular complexity index is 876. The van der Waals surface area contributed by atoms with Crippen molar-refractivity contribution < 1.29 is 0 Å². The molecule has 2 aromatic rings. The zero-order valence-corrected chi connectivity index (χ0v) is 20.0. The monoisotopic (exact) mass is 390 g/mol. The van der Waals surface area contributed by atoms with Crippen molar-refractivity contribution in [1.82, 2.24) is 0 Å². The van der Waals surface area contributed by atoms with E-state index in [1.165, 1.54) is 38.7 Å². The Kier molecular flexibility index (Phi) is 5.75. The second-order valence-corrected chi connectivity index (χ2v) is 11.7. The molecule has 0 amide bonds. The first-order chi connectivity index (χ1) is 13.0. The van der Waals surface area contributed by atoms with E-state index < -0.39 is 7.92 Å². The van der Waals surface area contributed by atoms with E-state index in [-0.39, 0.29) is 5.41 Å². The van der Waals surface area contributed by atoms with Crippen molar-refractivity contribution in [2.45, 2.75) is 68.7 Å². The summed E-state index contributed by atoms with van der Waals surface area (Å²) in [6.07, 6.45) is 6.11. The third-order valence-electron chi connectivity index (χ3n) is 5.79. The SMILES string of the molecule is Cc1cc(C)c(P(C2=CCC(C(C)(C)C)=C2)c2c(C)cc(C)cc2C)c(C)c1. The minimum absolute atomic E-state index is 0.230. The van der Waals surface area contributed by atoms with Crippen LogP contribution in [-0.2, 0) is 0 Å². The number of benzene rings is 2. The van der Waals surface area contributed by atoms with E-state index in [4.69, 9.17) is 0 Å². The number of hydrogen-bond acceptors (Lipinski definition) is 0. The zero-order chi connectivity index (χ0) is 20.8. The average Bonchev–Trinajstić information content (AvgIpc) is 3.01. The fourth-order valence-corrected chi connectivity index (χ4v) is 7.58. The minimum Gasteiger partial charge on any atom is -0.0721 e. The van der Waals surface area contributed by atoms with Gasteiger partial charge in [0.05, 0.1) is 0 Å². The van der Waals surface area contributed by atoms with Gasteiger partial charge in [0, 0.05) is 0 Å². The van der Waals surface area contributed by atoms with Crippen LogP contribution in [0.25, 0.3) is 0 Å². The first-order valence-corrected chi connectivity index (χ1v) is 11.7. The summed E-state index contributed by atoms with van der Waals surface area (Å²) in [5.74, 6) is 0. The summed E-state index contributed by atoms with van der Waals surface area (Å²) < 4.78 is 0. The zero-order valence-electron chi connectivity index (χ0n) is 19.1. The number of allylic oxidation sites excluding steroid dienone is 4. The van der Waals surface area contributed by atoms with Gasteiger partial charge in [-0.05, 0) is 99.5 Å². The second-order valence-electron chi connectivity index (χ2n) is 9.58. The van der Waals surface area contributed by atoms with Gasteiger partial charge >= 0.3 is 0 Å². The van der Waals surface area contributed by atoms with Gasteiger partial charge in [0.1, 0.15) is 0 Å². The van der Waals surface area contributed by atoms with E-state index in [0.29, 0.717) is 0 Å². The highest BCUT2D eigenvalue weighted by Crippen LogP contribution is 2.51. The van der Waals surface area contributed by atoms with Gasteiger partial charge in [-0.25, -0.2) is 0 Å². The largest absolute Gasteiger partial charge is 0.0721 e. The molecule has 0 heterocycles. The van der Waals surface area contributed by atoms with E-state index in [9.17, 15) is 0 Å². The Morgan fingerprint density at radius 3 is 1.39 bits per heavy atom. The Balaban J connectivity index is 2.28. The van der Waals surface area contributed by atoms with Crippen LogP contribution >= 0.6 is 7.92 Å². The van der Waals surface area contributed by atoms with Gasteiger partial charge in [-0.1, -0.05) is 73.9 Å². The number of rotatable bonds is 3. The van der Waals surface area contributed by atoms with Crippen LogP contribution in [0.5, 0.6) is 0 Å². The first kappa shape index (κ1) is 21.1. The molecule has 3 rings (SSSR count). The lowest BCUT2D eigenvalue weighted by Gasteiger charge is -2.27. The summed E-state index contributed by atoms with van der Waals surface area (Å²) in [6, 6.07) is 9.45. The molecule has 1 heteroatoms. The normalized spacial score (nSPS) is 14.5. The van der Waals surface area contributed by atoms with Crippen molar-refractivity contribution in [3.8, 4) is 0 Å². The Labute approximate surface area is 173 Å². The van der Waals surface area contributed by atoms with Crippen LogP contribution in [0.3, 0.4) is 0 Å². The summed E-state index contributed by atoms with van der Waals surface area (Å²) in [5, 5.41) is 4.63. The first-order valence-electron chi connectivity index (χ1n) is 10.4. The van der Waals surface area contributed by atoms with Crippen LogP contribution in [0.1, 0.15) is 60.6 Å². The maximum atomic E-state index is 2.52. The van der Waals surface area contributed by atoms with Crippen LogP contribution in [0.2, 0.25) is 0 Å². The van der Waals surface area contributed by atoms with E-state index in [1.807, 2.05) is 0 Å². The maximum absolute atomic E-state index is 2.52. The Morgan fingerprint density at radius 1 is 0.679 bits per heavy atom. The van der Waals surface area contributed by atoms with Gasteiger partial charge in [0.25, 0.3) is 0 Å². The molecule has 2 aromatic carbocycles.